The van der Waals surface area contributed by atoms with E-state index in [0.29, 0.717) is 10.8 Å². The molecule has 20 heavy (non-hydrogen) atoms. The van der Waals surface area contributed by atoms with Crippen LogP contribution in [0.4, 0.5) is 0 Å². The van der Waals surface area contributed by atoms with Gasteiger partial charge in [0.1, 0.15) is 5.75 Å². The molecular weight excluding hydrogens is 346 g/mol. The summed E-state index contributed by atoms with van der Waals surface area (Å²) in [6.45, 7) is 1.78. The molecule has 0 aliphatic heterocycles. The van der Waals surface area contributed by atoms with E-state index < -0.39 is 0 Å². The number of H-pyrrole nitrogens is 1. The van der Waals surface area contributed by atoms with E-state index in [1.165, 1.54) is 0 Å². The van der Waals surface area contributed by atoms with Crippen molar-refractivity contribution in [3.05, 3.63) is 45.7 Å². The molecule has 0 saturated heterocycles. The summed E-state index contributed by atoms with van der Waals surface area (Å²) in [5.74, 6) is 0.249. The number of hydrogen-bond donors (Lipinski definition) is 2. The highest BCUT2D eigenvalue weighted by molar-refractivity contribution is 9.10. The van der Waals surface area contributed by atoms with Gasteiger partial charge in [-0.1, -0.05) is 27.5 Å². The maximum Gasteiger partial charge on any atom is 0.258 e. The van der Waals surface area contributed by atoms with Gasteiger partial charge < -0.3 is 10.1 Å². The highest BCUT2D eigenvalue weighted by Crippen LogP contribution is 2.27. The minimum atomic E-state index is -0.224. The van der Waals surface area contributed by atoms with Gasteiger partial charge in [0.15, 0.2) is 6.61 Å². The number of ether oxygens (including phenoxy) is 1. The van der Waals surface area contributed by atoms with Gasteiger partial charge in [-0.3, -0.25) is 9.89 Å². The van der Waals surface area contributed by atoms with Gasteiger partial charge in [0.25, 0.3) is 5.91 Å². The normalized spacial score (nSPS) is 11.9. The Morgan fingerprint density at radius 1 is 1.60 bits per heavy atom. The third-order valence-electron chi connectivity index (χ3n) is 2.65. The largest absolute Gasteiger partial charge is 0.482 e. The first-order valence-corrected chi connectivity index (χ1v) is 7.09. The van der Waals surface area contributed by atoms with Crippen LogP contribution in [0.5, 0.6) is 5.75 Å². The summed E-state index contributed by atoms with van der Waals surface area (Å²) in [5.41, 5.74) is 0.903. The van der Waals surface area contributed by atoms with E-state index in [1.54, 1.807) is 30.6 Å². The van der Waals surface area contributed by atoms with Gasteiger partial charge in [0, 0.05) is 16.2 Å². The number of amides is 1. The summed E-state index contributed by atoms with van der Waals surface area (Å²) < 4.78 is 6.24. The van der Waals surface area contributed by atoms with Crippen molar-refractivity contribution in [1.82, 2.24) is 15.5 Å². The van der Waals surface area contributed by atoms with Crippen LogP contribution in [0.2, 0.25) is 5.02 Å². The molecule has 1 heterocycles. The summed E-state index contributed by atoms with van der Waals surface area (Å²) >= 11 is 9.30. The molecule has 1 unspecified atom stereocenters. The van der Waals surface area contributed by atoms with Crippen LogP contribution >= 0.6 is 27.5 Å². The molecule has 0 bridgehead atoms. The van der Waals surface area contributed by atoms with Gasteiger partial charge in [-0.2, -0.15) is 5.10 Å². The van der Waals surface area contributed by atoms with Gasteiger partial charge in [-0.25, -0.2) is 0 Å². The quantitative estimate of drug-likeness (QED) is 0.863. The zero-order chi connectivity index (χ0) is 14.5. The molecule has 2 N–H and O–H groups in total. The van der Waals surface area contributed by atoms with Gasteiger partial charge in [0.2, 0.25) is 0 Å². The van der Waals surface area contributed by atoms with Crippen molar-refractivity contribution in [2.75, 3.05) is 6.61 Å². The molecule has 2 rings (SSSR count). The lowest BCUT2D eigenvalue weighted by molar-refractivity contribution is -0.123. The lowest BCUT2D eigenvalue weighted by Gasteiger charge is -2.13. The Kier molecular flexibility index (Phi) is 5.03. The summed E-state index contributed by atoms with van der Waals surface area (Å²) in [6.07, 6.45) is 3.40. The van der Waals surface area contributed by atoms with E-state index in [4.69, 9.17) is 16.3 Å². The third kappa shape index (κ3) is 3.98. The fraction of sp³-hybridized carbons (Fsp3) is 0.231. The zero-order valence-corrected chi connectivity index (χ0v) is 13.0. The SMILES string of the molecule is CC(NC(=O)COc1ccc(Br)cc1Cl)c1cn[nH]c1. The molecule has 0 saturated carbocycles. The molecule has 1 atom stereocenters. The Labute approximate surface area is 129 Å². The molecule has 1 amide bonds. The van der Waals surface area contributed by atoms with Crippen LogP contribution in [0, 0.1) is 0 Å². The van der Waals surface area contributed by atoms with Gasteiger partial charge >= 0.3 is 0 Å². The van der Waals surface area contributed by atoms with Gasteiger partial charge in [-0.05, 0) is 25.1 Å². The van der Waals surface area contributed by atoms with Crippen molar-refractivity contribution in [2.24, 2.45) is 0 Å². The minimum absolute atomic E-state index is 0.0937. The smallest absolute Gasteiger partial charge is 0.258 e. The van der Waals surface area contributed by atoms with Crippen molar-refractivity contribution in [3.63, 3.8) is 0 Å². The zero-order valence-electron chi connectivity index (χ0n) is 10.7. The molecule has 1 aromatic carbocycles. The van der Waals surface area contributed by atoms with Gasteiger partial charge in [-0.15, -0.1) is 0 Å². The fourth-order valence-electron chi connectivity index (χ4n) is 1.60. The van der Waals surface area contributed by atoms with Crippen LogP contribution < -0.4 is 10.1 Å². The van der Waals surface area contributed by atoms with Crippen molar-refractivity contribution >= 4 is 33.4 Å². The van der Waals surface area contributed by atoms with E-state index in [9.17, 15) is 4.79 Å². The minimum Gasteiger partial charge on any atom is -0.482 e. The van der Waals surface area contributed by atoms with E-state index in [0.717, 1.165) is 10.0 Å². The molecule has 0 aliphatic carbocycles. The number of carbonyl (C=O) groups excluding carboxylic acids is 1. The molecule has 106 valence electrons. The molecular formula is C13H13BrClN3O2. The Bertz CT molecular complexity index is 589. The second kappa shape index (κ2) is 6.76. The monoisotopic (exact) mass is 357 g/mol. The maximum absolute atomic E-state index is 11.8. The molecule has 7 heteroatoms. The molecule has 0 spiro atoms. The lowest BCUT2D eigenvalue weighted by atomic mass is 10.2. The van der Waals surface area contributed by atoms with Gasteiger partial charge in [0.05, 0.1) is 17.3 Å². The number of nitrogens with one attached hydrogen (secondary N) is 2. The number of rotatable bonds is 5. The number of carbonyl (C=O) groups is 1. The Morgan fingerprint density at radius 3 is 3.05 bits per heavy atom. The van der Waals surface area contributed by atoms with Crippen LogP contribution in [-0.4, -0.2) is 22.7 Å². The Hall–Kier alpha value is -1.53. The predicted molar refractivity (Wildman–Crippen MR) is 79.8 cm³/mol. The fourth-order valence-corrected chi connectivity index (χ4v) is 2.33. The summed E-state index contributed by atoms with van der Waals surface area (Å²) in [4.78, 5) is 11.8. The topological polar surface area (TPSA) is 67.0 Å². The average Bonchev–Trinajstić information content (AvgIpc) is 2.91. The van der Waals surface area contributed by atoms with Crippen molar-refractivity contribution in [3.8, 4) is 5.75 Å². The second-order valence-corrected chi connectivity index (χ2v) is 5.51. The van der Waals surface area contributed by atoms with Crippen LogP contribution in [0.15, 0.2) is 35.1 Å². The number of benzene rings is 1. The van der Waals surface area contributed by atoms with E-state index >= 15 is 0 Å². The van der Waals surface area contributed by atoms with E-state index in [1.807, 2.05) is 6.92 Å². The first kappa shape index (κ1) is 14.9. The highest BCUT2D eigenvalue weighted by atomic mass is 79.9. The molecule has 1 aromatic heterocycles. The number of aromatic nitrogens is 2. The number of halogens is 2. The molecule has 5 nitrogen and oxygen atoms in total. The number of nitrogens with zero attached hydrogens (tertiary/aromatic N) is 1. The lowest BCUT2D eigenvalue weighted by Crippen LogP contribution is -2.31. The van der Waals surface area contributed by atoms with Crippen LogP contribution in [-0.2, 0) is 4.79 Å². The van der Waals surface area contributed by atoms with Crippen molar-refractivity contribution < 1.29 is 9.53 Å². The van der Waals surface area contributed by atoms with Crippen molar-refractivity contribution in [1.29, 1.82) is 0 Å². The Morgan fingerprint density at radius 2 is 2.40 bits per heavy atom. The summed E-state index contributed by atoms with van der Waals surface area (Å²) in [6, 6.07) is 5.08. The molecule has 0 fully saturated rings. The third-order valence-corrected chi connectivity index (χ3v) is 3.44. The summed E-state index contributed by atoms with van der Waals surface area (Å²) in [7, 11) is 0. The maximum atomic E-state index is 11.8. The first-order chi connectivity index (χ1) is 9.56. The number of hydrogen-bond acceptors (Lipinski definition) is 3. The number of aromatic amines is 1. The average molecular weight is 359 g/mol. The molecule has 0 radical (unpaired) electrons. The van der Waals surface area contributed by atoms with Crippen LogP contribution in [0.1, 0.15) is 18.5 Å². The first-order valence-electron chi connectivity index (χ1n) is 5.92. The van der Waals surface area contributed by atoms with E-state index in [2.05, 4.69) is 31.4 Å². The predicted octanol–water partition coefficient (Wildman–Crippen LogP) is 3.08. The Balaban J connectivity index is 1.86. The van der Waals surface area contributed by atoms with Crippen LogP contribution in [0.3, 0.4) is 0 Å². The van der Waals surface area contributed by atoms with Crippen molar-refractivity contribution in [2.45, 2.75) is 13.0 Å². The summed E-state index contributed by atoms with van der Waals surface area (Å²) in [5, 5.41) is 9.80. The molecule has 2 aromatic rings. The molecule has 0 aliphatic rings. The highest BCUT2D eigenvalue weighted by Gasteiger charge is 2.11. The standard InChI is InChI=1S/C13H13BrClN3O2/c1-8(9-5-16-17-6-9)18-13(19)7-20-12-3-2-10(14)4-11(12)15/h2-6,8H,7H2,1H3,(H,16,17)(H,18,19). The van der Waals surface area contributed by atoms with Crippen LogP contribution in [0.25, 0.3) is 0 Å². The second-order valence-electron chi connectivity index (χ2n) is 4.18. The van der Waals surface area contributed by atoms with E-state index in [-0.39, 0.29) is 18.6 Å².